The van der Waals surface area contributed by atoms with Crippen molar-refractivity contribution in [1.29, 1.82) is 0 Å². The zero-order chi connectivity index (χ0) is 27.5. The second-order valence-electron chi connectivity index (χ2n) is 8.56. The number of nitrogens with one attached hydrogen (secondary N) is 2. The first-order valence-electron chi connectivity index (χ1n) is 12.3. The minimum atomic E-state index is -0.578. The van der Waals surface area contributed by atoms with Crippen molar-refractivity contribution in [3.05, 3.63) is 120 Å². The molecule has 0 fully saturated rings. The van der Waals surface area contributed by atoms with Gasteiger partial charge >= 0.3 is 5.97 Å². The number of carbonyl (C=O) groups excluding carboxylic acids is 3. The third-order valence-corrected chi connectivity index (χ3v) is 5.73. The van der Waals surface area contributed by atoms with Gasteiger partial charge in [-0.25, -0.2) is 0 Å². The largest absolute Gasteiger partial charge is 0.444 e. The zero-order valence-corrected chi connectivity index (χ0v) is 21.2. The molecule has 1 aliphatic rings. The van der Waals surface area contributed by atoms with E-state index in [9.17, 15) is 14.4 Å². The average Bonchev–Trinajstić information content (AvgIpc) is 3.13. The highest BCUT2D eigenvalue weighted by Gasteiger charge is 2.16. The van der Waals surface area contributed by atoms with Crippen LogP contribution in [0.5, 0.6) is 0 Å². The number of aliphatic imine (C=N–C) groups is 1. The van der Waals surface area contributed by atoms with E-state index in [4.69, 9.17) is 10.5 Å². The van der Waals surface area contributed by atoms with Crippen molar-refractivity contribution in [3.63, 3.8) is 0 Å². The summed E-state index contributed by atoms with van der Waals surface area (Å²) in [6.07, 6.45) is 0.0225. The number of hydrogen-bond donors (Lipinski definition) is 3. The Labute approximate surface area is 226 Å². The third kappa shape index (κ3) is 7.87. The number of para-hydroxylation sites is 4. The zero-order valence-electron chi connectivity index (χ0n) is 21.2. The lowest BCUT2D eigenvalue weighted by Crippen LogP contribution is -2.16. The van der Waals surface area contributed by atoms with Crippen molar-refractivity contribution >= 4 is 46.1 Å². The number of amides is 1. The maximum Gasteiger partial charge on any atom is 0.315 e. The van der Waals surface area contributed by atoms with E-state index >= 15 is 0 Å². The van der Waals surface area contributed by atoms with Crippen LogP contribution in [0, 0.1) is 0 Å². The molecular weight excluding hydrogens is 492 g/mol. The minimum absolute atomic E-state index is 0.0254. The van der Waals surface area contributed by atoms with Crippen LogP contribution in [-0.2, 0) is 14.3 Å². The summed E-state index contributed by atoms with van der Waals surface area (Å²) in [7, 11) is 0. The summed E-state index contributed by atoms with van der Waals surface area (Å²) in [6.45, 7) is -0.0326. The fourth-order valence-electron chi connectivity index (χ4n) is 3.77. The Bertz CT molecular complexity index is 1470. The molecule has 0 aliphatic carbocycles. The molecular formula is C31H28N4O4. The molecule has 4 N–H and O–H groups in total. The van der Waals surface area contributed by atoms with Crippen LogP contribution >= 0.6 is 0 Å². The SMILES string of the molecule is Nc1ccccc1NCOC(=O)CC(=O)c1ccccc1.O=C1CC(c2ccccc2)=Nc2ccccc2N1. The number of fused-ring (bicyclic) bond motifs is 1. The van der Waals surface area contributed by atoms with Gasteiger partial charge in [-0.05, 0) is 29.8 Å². The predicted octanol–water partition coefficient (Wildman–Crippen LogP) is 5.60. The maximum atomic E-state index is 11.8. The number of nitrogen functional groups attached to an aromatic ring is 1. The number of ether oxygens (including phenoxy) is 1. The molecule has 0 saturated heterocycles. The second kappa shape index (κ2) is 13.3. The van der Waals surface area contributed by atoms with Gasteiger partial charge in [-0.1, -0.05) is 84.9 Å². The first kappa shape index (κ1) is 26.8. The van der Waals surface area contributed by atoms with E-state index < -0.39 is 5.97 Å². The van der Waals surface area contributed by atoms with Crippen molar-refractivity contribution in [1.82, 2.24) is 0 Å². The molecule has 0 bridgehead atoms. The number of nitrogens with zero attached hydrogens (tertiary/aromatic N) is 1. The highest BCUT2D eigenvalue weighted by molar-refractivity contribution is 6.16. The van der Waals surface area contributed by atoms with Gasteiger partial charge in [0, 0.05) is 5.56 Å². The Kier molecular flexibility index (Phi) is 9.18. The van der Waals surface area contributed by atoms with Gasteiger partial charge in [-0.3, -0.25) is 19.4 Å². The molecule has 0 aromatic heterocycles. The second-order valence-corrected chi connectivity index (χ2v) is 8.56. The van der Waals surface area contributed by atoms with Gasteiger partial charge in [0.1, 0.15) is 6.42 Å². The number of carbonyl (C=O) groups is 3. The molecule has 8 nitrogen and oxygen atoms in total. The van der Waals surface area contributed by atoms with Crippen molar-refractivity contribution in [2.45, 2.75) is 12.8 Å². The van der Waals surface area contributed by atoms with E-state index in [2.05, 4.69) is 15.6 Å². The number of hydrogen-bond acceptors (Lipinski definition) is 7. The number of esters is 1. The molecule has 1 aliphatic heterocycles. The van der Waals surface area contributed by atoms with Gasteiger partial charge in [-0.15, -0.1) is 0 Å². The van der Waals surface area contributed by atoms with E-state index in [1.165, 1.54) is 0 Å². The Hall–Kier alpha value is -5.24. The van der Waals surface area contributed by atoms with Gasteiger partial charge in [0.25, 0.3) is 0 Å². The van der Waals surface area contributed by atoms with E-state index in [0.717, 1.165) is 22.6 Å². The van der Waals surface area contributed by atoms with Crippen molar-refractivity contribution in [2.24, 2.45) is 4.99 Å². The third-order valence-electron chi connectivity index (χ3n) is 5.73. The molecule has 39 heavy (non-hydrogen) atoms. The number of Topliss-reactive ketones (excluding diaryl/α,β-unsaturated/α-hetero) is 1. The fraction of sp³-hybridized carbons (Fsp3) is 0.0968. The number of benzene rings is 4. The molecule has 4 aromatic rings. The molecule has 0 spiro atoms. The summed E-state index contributed by atoms with van der Waals surface area (Å²) in [5.74, 6) is -0.867. The molecule has 1 heterocycles. The standard InChI is InChI=1S/C16H16N2O3.C15H12N2O/c17-13-8-4-5-9-14(13)18-11-21-16(20)10-15(19)12-6-2-1-3-7-12;18-15-10-14(11-6-2-1-3-7-11)16-12-8-4-5-9-13(12)17-15/h1-9,18H,10-11,17H2;1-9H,10H2,(H,17,18). The van der Waals surface area contributed by atoms with Crippen LogP contribution in [0.2, 0.25) is 0 Å². The number of ketones is 1. The summed E-state index contributed by atoms with van der Waals surface area (Å²) in [5.41, 5.74) is 10.8. The van der Waals surface area contributed by atoms with Crippen LogP contribution in [-0.4, -0.2) is 30.1 Å². The molecule has 4 aromatic carbocycles. The topological polar surface area (TPSA) is 123 Å². The summed E-state index contributed by atoms with van der Waals surface area (Å²) in [4.78, 5) is 39.8. The van der Waals surface area contributed by atoms with Gasteiger partial charge in [0.2, 0.25) is 5.91 Å². The summed E-state index contributed by atoms with van der Waals surface area (Å²) in [6, 6.07) is 33.2. The normalized spacial score (nSPS) is 11.9. The number of rotatable bonds is 7. The molecule has 5 rings (SSSR count). The Morgan fingerprint density at radius 1 is 0.846 bits per heavy atom. The quantitative estimate of drug-likeness (QED) is 0.0958. The first-order chi connectivity index (χ1) is 19.0. The molecule has 196 valence electrons. The van der Waals surface area contributed by atoms with Crippen molar-refractivity contribution in [3.8, 4) is 0 Å². The smallest absolute Gasteiger partial charge is 0.315 e. The fourth-order valence-corrected chi connectivity index (χ4v) is 3.77. The number of nitrogens with two attached hydrogens (primary N) is 1. The Morgan fingerprint density at radius 3 is 2.23 bits per heavy atom. The van der Waals surface area contributed by atoms with Crippen LogP contribution in [0.1, 0.15) is 28.8 Å². The van der Waals surface area contributed by atoms with Crippen LogP contribution in [0.25, 0.3) is 0 Å². The lowest BCUT2D eigenvalue weighted by molar-refractivity contribution is -0.141. The lowest BCUT2D eigenvalue weighted by Gasteiger charge is -2.09. The van der Waals surface area contributed by atoms with Crippen molar-refractivity contribution in [2.75, 3.05) is 23.1 Å². The molecule has 0 atom stereocenters. The average molecular weight is 521 g/mol. The lowest BCUT2D eigenvalue weighted by atomic mass is 10.1. The van der Waals surface area contributed by atoms with E-state index in [1.54, 1.807) is 36.4 Å². The molecule has 0 unspecified atom stereocenters. The van der Waals surface area contributed by atoms with E-state index in [0.29, 0.717) is 23.4 Å². The van der Waals surface area contributed by atoms with Crippen LogP contribution in [0.4, 0.5) is 22.7 Å². The monoisotopic (exact) mass is 520 g/mol. The summed E-state index contributed by atoms with van der Waals surface area (Å²) >= 11 is 0. The maximum absolute atomic E-state index is 11.8. The van der Waals surface area contributed by atoms with Crippen LogP contribution < -0.4 is 16.4 Å². The summed E-state index contributed by atoms with van der Waals surface area (Å²) < 4.78 is 4.97. The van der Waals surface area contributed by atoms with Crippen molar-refractivity contribution < 1.29 is 19.1 Å². The van der Waals surface area contributed by atoms with Crippen LogP contribution in [0.15, 0.2) is 114 Å². The minimum Gasteiger partial charge on any atom is -0.444 e. The van der Waals surface area contributed by atoms with E-state index in [-0.39, 0.29) is 24.8 Å². The van der Waals surface area contributed by atoms with Gasteiger partial charge in [-0.2, -0.15) is 0 Å². The number of anilines is 3. The highest BCUT2D eigenvalue weighted by Crippen LogP contribution is 2.28. The Morgan fingerprint density at radius 2 is 1.49 bits per heavy atom. The first-order valence-corrected chi connectivity index (χ1v) is 12.3. The van der Waals surface area contributed by atoms with Crippen LogP contribution in [0.3, 0.4) is 0 Å². The Balaban J connectivity index is 0.000000183. The van der Waals surface area contributed by atoms with E-state index in [1.807, 2.05) is 72.8 Å². The van der Waals surface area contributed by atoms with Gasteiger partial charge in [0.05, 0.1) is 34.9 Å². The van der Waals surface area contributed by atoms with Gasteiger partial charge < -0.3 is 21.1 Å². The molecule has 1 amide bonds. The molecule has 0 radical (unpaired) electrons. The molecule has 0 saturated carbocycles. The highest BCUT2D eigenvalue weighted by atomic mass is 16.5. The summed E-state index contributed by atoms with van der Waals surface area (Å²) in [5, 5.41) is 5.75. The molecule has 8 heteroatoms. The van der Waals surface area contributed by atoms with Gasteiger partial charge in [0.15, 0.2) is 12.5 Å². The predicted molar refractivity (Wildman–Crippen MR) is 153 cm³/mol.